The lowest BCUT2D eigenvalue weighted by molar-refractivity contribution is 0.0580. The van der Waals surface area contributed by atoms with Crippen LogP contribution in [-0.4, -0.2) is 18.3 Å². The molecule has 0 radical (unpaired) electrons. The minimum atomic E-state index is -1.23. The van der Waals surface area contributed by atoms with E-state index in [-0.39, 0.29) is 23.9 Å². The van der Waals surface area contributed by atoms with E-state index >= 15 is 0 Å². The highest BCUT2D eigenvalue weighted by molar-refractivity contribution is 5.85. The Hall–Kier alpha value is -0.910. The van der Waals surface area contributed by atoms with Crippen molar-refractivity contribution in [2.45, 2.75) is 18.9 Å². The Bertz CT molecular complexity index is 411. The number of phenols is 1. The second-order valence-corrected chi connectivity index (χ2v) is 4.27. The molecular weight excluding hydrogens is 264 g/mol. The number of aromatic hydroxyl groups is 1. The molecule has 1 aliphatic heterocycles. The van der Waals surface area contributed by atoms with Gasteiger partial charge in [0.2, 0.25) is 5.82 Å². The molecule has 0 saturated carbocycles. The lowest BCUT2D eigenvalue weighted by atomic mass is 9.87. The minimum absolute atomic E-state index is 0. The van der Waals surface area contributed by atoms with Crippen molar-refractivity contribution in [3.63, 3.8) is 0 Å². The largest absolute Gasteiger partial charge is 0.505 e. The van der Waals surface area contributed by atoms with Crippen molar-refractivity contribution in [2.24, 2.45) is 11.7 Å². The Balaban J connectivity index is 0.00000162. The molecule has 1 aromatic carbocycles. The standard InChI is InChI=1S/C12H15F2NO2.ClH/c13-9-2-1-8(12(16)10(9)14)11(15)7-3-5-17-6-4-7;/h1-2,7,11,16H,3-6,15H2;1H/t11-;/m0./s1. The van der Waals surface area contributed by atoms with E-state index in [0.717, 1.165) is 18.9 Å². The minimum Gasteiger partial charge on any atom is -0.505 e. The fourth-order valence-electron chi connectivity index (χ4n) is 2.15. The number of halogens is 3. The van der Waals surface area contributed by atoms with Crippen LogP contribution in [0.25, 0.3) is 0 Å². The molecule has 0 amide bonds. The molecular formula is C12H16ClF2NO2. The van der Waals surface area contributed by atoms with Crippen LogP contribution in [-0.2, 0) is 4.74 Å². The predicted octanol–water partition coefficient (Wildman–Crippen LogP) is 2.52. The maximum atomic E-state index is 13.2. The molecule has 1 saturated heterocycles. The van der Waals surface area contributed by atoms with E-state index in [1.54, 1.807) is 0 Å². The van der Waals surface area contributed by atoms with Gasteiger partial charge in [-0.1, -0.05) is 6.07 Å². The van der Waals surface area contributed by atoms with Crippen molar-refractivity contribution >= 4 is 12.4 Å². The van der Waals surface area contributed by atoms with Gasteiger partial charge in [0.15, 0.2) is 11.6 Å². The van der Waals surface area contributed by atoms with Crippen LogP contribution in [0.1, 0.15) is 24.4 Å². The molecule has 3 N–H and O–H groups in total. The van der Waals surface area contributed by atoms with Crippen LogP contribution < -0.4 is 5.73 Å². The monoisotopic (exact) mass is 279 g/mol. The Kier molecular flexibility index (Phi) is 5.31. The van der Waals surface area contributed by atoms with Crippen LogP contribution in [0, 0.1) is 17.6 Å². The Morgan fingerprint density at radius 2 is 1.89 bits per heavy atom. The summed E-state index contributed by atoms with van der Waals surface area (Å²) in [5.41, 5.74) is 6.24. The van der Waals surface area contributed by atoms with E-state index in [0.29, 0.717) is 13.2 Å². The number of nitrogens with two attached hydrogens (primary N) is 1. The average Bonchev–Trinajstić information content (AvgIpc) is 2.36. The van der Waals surface area contributed by atoms with Crippen molar-refractivity contribution in [3.05, 3.63) is 29.3 Å². The molecule has 2 rings (SSSR count). The third-order valence-corrected chi connectivity index (χ3v) is 3.23. The summed E-state index contributed by atoms with van der Waals surface area (Å²) in [6, 6.07) is 1.84. The van der Waals surface area contributed by atoms with E-state index in [4.69, 9.17) is 10.5 Å². The van der Waals surface area contributed by atoms with Gasteiger partial charge in [-0.2, -0.15) is 4.39 Å². The topological polar surface area (TPSA) is 55.5 Å². The zero-order valence-electron chi connectivity index (χ0n) is 9.73. The van der Waals surface area contributed by atoms with Gasteiger partial charge >= 0.3 is 0 Å². The Morgan fingerprint density at radius 1 is 1.28 bits per heavy atom. The smallest absolute Gasteiger partial charge is 0.200 e. The molecule has 0 aromatic heterocycles. The van der Waals surface area contributed by atoms with Crippen molar-refractivity contribution < 1.29 is 18.6 Å². The fourth-order valence-corrected chi connectivity index (χ4v) is 2.15. The maximum absolute atomic E-state index is 13.2. The molecule has 3 nitrogen and oxygen atoms in total. The second kappa shape index (κ2) is 6.31. The molecule has 1 atom stereocenters. The SMILES string of the molecule is Cl.N[C@H](c1ccc(F)c(F)c1O)C1CCOCC1. The molecule has 0 unspecified atom stereocenters. The first-order valence-electron chi connectivity index (χ1n) is 5.61. The lowest BCUT2D eigenvalue weighted by Gasteiger charge is -2.28. The quantitative estimate of drug-likeness (QED) is 0.875. The summed E-state index contributed by atoms with van der Waals surface area (Å²) in [4.78, 5) is 0. The average molecular weight is 280 g/mol. The van der Waals surface area contributed by atoms with Gasteiger partial charge in [0.1, 0.15) is 0 Å². The van der Waals surface area contributed by atoms with Crippen LogP contribution in [0.3, 0.4) is 0 Å². The van der Waals surface area contributed by atoms with E-state index in [1.165, 1.54) is 6.07 Å². The summed E-state index contributed by atoms with van der Waals surface area (Å²) >= 11 is 0. The first-order chi connectivity index (χ1) is 8.11. The van der Waals surface area contributed by atoms with Crippen molar-refractivity contribution in [2.75, 3.05) is 13.2 Å². The van der Waals surface area contributed by atoms with Crippen LogP contribution in [0.15, 0.2) is 12.1 Å². The van der Waals surface area contributed by atoms with Gasteiger partial charge in [0.05, 0.1) is 0 Å². The number of phenolic OH excluding ortho intramolecular Hbond substituents is 1. The van der Waals surface area contributed by atoms with Crippen molar-refractivity contribution in [1.82, 2.24) is 0 Å². The van der Waals surface area contributed by atoms with Crippen molar-refractivity contribution in [3.8, 4) is 5.75 Å². The predicted molar refractivity (Wildman–Crippen MR) is 65.7 cm³/mol. The zero-order chi connectivity index (χ0) is 12.4. The Labute approximate surface area is 110 Å². The van der Waals surface area contributed by atoms with Gasteiger partial charge in [-0.05, 0) is 24.8 Å². The summed E-state index contributed by atoms with van der Waals surface area (Å²) in [6.07, 6.45) is 1.53. The third kappa shape index (κ3) is 2.91. The van der Waals surface area contributed by atoms with E-state index in [9.17, 15) is 13.9 Å². The highest BCUT2D eigenvalue weighted by atomic mass is 35.5. The summed E-state index contributed by atoms with van der Waals surface area (Å²) in [5.74, 6) is -2.85. The summed E-state index contributed by atoms with van der Waals surface area (Å²) < 4.78 is 31.3. The van der Waals surface area contributed by atoms with Crippen LogP contribution in [0.5, 0.6) is 5.75 Å². The zero-order valence-corrected chi connectivity index (χ0v) is 10.6. The highest BCUT2D eigenvalue weighted by Gasteiger charge is 2.26. The number of benzene rings is 1. The third-order valence-electron chi connectivity index (χ3n) is 3.23. The highest BCUT2D eigenvalue weighted by Crippen LogP contribution is 2.34. The van der Waals surface area contributed by atoms with E-state index in [2.05, 4.69) is 0 Å². The molecule has 1 aliphatic rings. The van der Waals surface area contributed by atoms with E-state index < -0.39 is 23.4 Å². The van der Waals surface area contributed by atoms with Crippen LogP contribution in [0.4, 0.5) is 8.78 Å². The summed E-state index contributed by atoms with van der Waals surface area (Å²) in [6.45, 7) is 1.23. The number of ether oxygens (including phenoxy) is 1. The van der Waals surface area contributed by atoms with Gasteiger partial charge in [0.25, 0.3) is 0 Å². The number of hydrogen-bond donors (Lipinski definition) is 2. The molecule has 0 spiro atoms. The first-order valence-corrected chi connectivity index (χ1v) is 5.61. The van der Waals surface area contributed by atoms with Crippen LogP contribution in [0.2, 0.25) is 0 Å². The molecule has 1 heterocycles. The molecule has 102 valence electrons. The molecule has 0 aliphatic carbocycles. The van der Waals surface area contributed by atoms with Crippen LogP contribution >= 0.6 is 12.4 Å². The van der Waals surface area contributed by atoms with E-state index in [1.807, 2.05) is 0 Å². The maximum Gasteiger partial charge on any atom is 0.200 e. The first kappa shape index (κ1) is 15.1. The molecule has 1 aromatic rings. The van der Waals surface area contributed by atoms with Gasteiger partial charge in [0, 0.05) is 24.8 Å². The van der Waals surface area contributed by atoms with Gasteiger partial charge < -0.3 is 15.6 Å². The Morgan fingerprint density at radius 3 is 2.50 bits per heavy atom. The summed E-state index contributed by atoms with van der Waals surface area (Å²) in [5, 5.41) is 9.55. The lowest BCUT2D eigenvalue weighted by Crippen LogP contribution is -2.27. The molecule has 18 heavy (non-hydrogen) atoms. The number of hydrogen-bond acceptors (Lipinski definition) is 3. The summed E-state index contributed by atoms with van der Waals surface area (Å²) in [7, 11) is 0. The molecule has 0 bridgehead atoms. The second-order valence-electron chi connectivity index (χ2n) is 4.27. The van der Waals surface area contributed by atoms with Gasteiger partial charge in [-0.25, -0.2) is 4.39 Å². The fraction of sp³-hybridized carbons (Fsp3) is 0.500. The van der Waals surface area contributed by atoms with Crippen molar-refractivity contribution in [1.29, 1.82) is 0 Å². The van der Waals surface area contributed by atoms with Gasteiger partial charge in [-0.15, -0.1) is 12.4 Å². The normalized spacial score (nSPS) is 18.2. The number of rotatable bonds is 2. The van der Waals surface area contributed by atoms with Gasteiger partial charge in [-0.3, -0.25) is 0 Å². The molecule has 1 fully saturated rings. The molecule has 6 heteroatoms.